The molecule has 1 amide bonds. The van der Waals surface area contributed by atoms with Crippen LogP contribution in [0, 0.1) is 12.3 Å². The van der Waals surface area contributed by atoms with Crippen LogP contribution in [0.15, 0.2) is 35.3 Å². The van der Waals surface area contributed by atoms with Crippen molar-refractivity contribution in [2.24, 2.45) is 7.05 Å². The summed E-state index contributed by atoms with van der Waals surface area (Å²) in [4.78, 5) is 24.9. The molecule has 0 radical (unpaired) electrons. The van der Waals surface area contributed by atoms with Gasteiger partial charge in [0.1, 0.15) is 12.1 Å². The average Bonchev–Trinajstić information content (AvgIpc) is 3.04. The minimum Gasteiger partial charge on any atom is -0.479 e. The summed E-state index contributed by atoms with van der Waals surface area (Å²) >= 11 is 0. The summed E-state index contributed by atoms with van der Waals surface area (Å²) in [5, 5.41) is 12.3. The first-order valence-electron chi connectivity index (χ1n) is 7.83. The van der Waals surface area contributed by atoms with Crippen molar-refractivity contribution >= 4 is 16.7 Å². The van der Waals surface area contributed by atoms with Gasteiger partial charge in [-0.1, -0.05) is 24.1 Å². The molecule has 3 rings (SSSR count). The molecule has 0 saturated carbocycles. The number of nitrogens with zero attached hydrogens (tertiary/aromatic N) is 4. The molecule has 0 aliphatic heterocycles. The largest absolute Gasteiger partial charge is 0.479 e. The highest BCUT2D eigenvalue weighted by Gasteiger charge is 2.17. The number of nitrogens with one attached hydrogen (secondary N) is 1. The van der Waals surface area contributed by atoms with Crippen LogP contribution in [0.4, 0.5) is 0 Å². The van der Waals surface area contributed by atoms with Crippen molar-refractivity contribution in [3.05, 3.63) is 52.1 Å². The zero-order valence-corrected chi connectivity index (χ0v) is 14.4. The summed E-state index contributed by atoms with van der Waals surface area (Å²) in [6.07, 6.45) is 6.88. The molecule has 0 aliphatic rings. The van der Waals surface area contributed by atoms with Crippen molar-refractivity contribution in [3.8, 4) is 18.2 Å². The molecule has 2 heterocycles. The zero-order chi connectivity index (χ0) is 18.7. The molecule has 8 heteroatoms. The van der Waals surface area contributed by atoms with Crippen molar-refractivity contribution in [1.29, 1.82) is 0 Å². The summed E-state index contributed by atoms with van der Waals surface area (Å²) in [6, 6.07) is 7.08. The lowest BCUT2D eigenvalue weighted by Gasteiger charge is -2.10. The van der Waals surface area contributed by atoms with Crippen LogP contribution in [-0.2, 0) is 20.1 Å². The van der Waals surface area contributed by atoms with Crippen LogP contribution < -0.4 is 15.6 Å². The van der Waals surface area contributed by atoms with Gasteiger partial charge in [0, 0.05) is 18.6 Å². The smallest absolute Gasteiger partial charge is 0.275 e. The molecule has 0 atom stereocenters. The maximum Gasteiger partial charge on any atom is 0.275 e. The van der Waals surface area contributed by atoms with E-state index in [-0.39, 0.29) is 30.4 Å². The molecule has 3 aromatic rings. The minimum atomic E-state index is -0.351. The fraction of sp³-hybridized carbons (Fsp3) is 0.222. The van der Waals surface area contributed by atoms with Gasteiger partial charge < -0.3 is 10.1 Å². The van der Waals surface area contributed by atoms with Crippen LogP contribution in [0.3, 0.4) is 0 Å². The monoisotopic (exact) mass is 351 g/mol. The third-order valence-corrected chi connectivity index (χ3v) is 3.83. The molecule has 1 aromatic carbocycles. The van der Waals surface area contributed by atoms with E-state index in [0.717, 1.165) is 0 Å². The number of terminal acetylenes is 1. The predicted molar refractivity (Wildman–Crippen MR) is 95.8 cm³/mol. The fourth-order valence-electron chi connectivity index (χ4n) is 2.66. The van der Waals surface area contributed by atoms with E-state index < -0.39 is 0 Å². The Labute approximate surface area is 149 Å². The van der Waals surface area contributed by atoms with Crippen molar-refractivity contribution in [3.63, 3.8) is 0 Å². The van der Waals surface area contributed by atoms with Crippen molar-refractivity contribution in [1.82, 2.24) is 24.9 Å². The van der Waals surface area contributed by atoms with E-state index >= 15 is 0 Å². The van der Waals surface area contributed by atoms with Gasteiger partial charge in [0.15, 0.2) is 0 Å². The van der Waals surface area contributed by atoms with Gasteiger partial charge in [0.05, 0.1) is 24.7 Å². The number of carbonyl (C=O) groups is 1. The third-order valence-electron chi connectivity index (χ3n) is 3.83. The number of fused-ring (bicyclic) bond motifs is 1. The van der Waals surface area contributed by atoms with Crippen LogP contribution in [0.2, 0.25) is 0 Å². The van der Waals surface area contributed by atoms with E-state index in [1.54, 1.807) is 31.4 Å². The number of rotatable bonds is 5. The number of amides is 1. The van der Waals surface area contributed by atoms with E-state index in [0.29, 0.717) is 22.0 Å². The number of hydrogen-bond donors (Lipinski definition) is 1. The van der Waals surface area contributed by atoms with Gasteiger partial charge in [-0.15, -0.1) is 11.5 Å². The second-order valence-electron chi connectivity index (χ2n) is 5.57. The van der Waals surface area contributed by atoms with E-state index in [2.05, 4.69) is 21.4 Å². The highest BCUT2D eigenvalue weighted by Crippen LogP contribution is 2.16. The highest BCUT2D eigenvalue weighted by atomic mass is 16.5. The molecule has 0 fully saturated rings. The molecular formula is C18H17N5O3. The van der Waals surface area contributed by atoms with Crippen LogP contribution in [0.5, 0.6) is 5.88 Å². The Morgan fingerprint density at radius 3 is 2.73 bits per heavy atom. The molecule has 1 N–H and O–H groups in total. The molecule has 0 spiro atoms. The molecule has 8 nitrogen and oxygen atoms in total. The number of carbonyl (C=O) groups excluding carboxylic acids is 1. The van der Waals surface area contributed by atoms with Crippen LogP contribution in [0.1, 0.15) is 16.1 Å². The van der Waals surface area contributed by atoms with Crippen molar-refractivity contribution in [2.45, 2.75) is 13.1 Å². The first-order valence-corrected chi connectivity index (χ1v) is 7.83. The molecule has 26 heavy (non-hydrogen) atoms. The molecule has 2 aromatic heterocycles. The second kappa shape index (κ2) is 7.11. The van der Waals surface area contributed by atoms with Crippen LogP contribution >= 0.6 is 0 Å². The van der Waals surface area contributed by atoms with Gasteiger partial charge in [-0.2, -0.15) is 5.10 Å². The Bertz CT molecular complexity index is 1070. The van der Waals surface area contributed by atoms with Gasteiger partial charge >= 0.3 is 0 Å². The molecule has 0 saturated heterocycles. The van der Waals surface area contributed by atoms with Gasteiger partial charge in [-0.05, 0) is 6.07 Å². The third kappa shape index (κ3) is 3.15. The maximum atomic E-state index is 12.5. The lowest BCUT2D eigenvalue weighted by molar-refractivity contribution is 0.0947. The van der Waals surface area contributed by atoms with Crippen molar-refractivity contribution in [2.75, 3.05) is 7.11 Å². The summed E-state index contributed by atoms with van der Waals surface area (Å²) in [7, 11) is 3.15. The summed E-state index contributed by atoms with van der Waals surface area (Å²) < 4.78 is 7.81. The maximum absolute atomic E-state index is 12.5. The lowest BCUT2D eigenvalue weighted by Crippen LogP contribution is -2.28. The van der Waals surface area contributed by atoms with Gasteiger partial charge in [-0.25, -0.2) is 4.68 Å². The molecule has 0 aliphatic carbocycles. The molecule has 132 valence electrons. The summed E-state index contributed by atoms with van der Waals surface area (Å²) in [5.41, 5.74) is 0.602. The van der Waals surface area contributed by atoms with E-state index in [9.17, 15) is 9.59 Å². The minimum absolute atomic E-state index is 0.0566. The Kier molecular flexibility index (Phi) is 4.71. The molecular weight excluding hydrogens is 334 g/mol. The number of benzene rings is 1. The van der Waals surface area contributed by atoms with Crippen LogP contribution in [0.25, 0.3) is 10.8 Å². The molecule has 0 bridgehead atoms. The summed E-state index contributed by atoms with van der Waals surface area (Å²) in [5.74, 6) is 2.30. The fourth-order valence-corrected chi connectivity index (χ4v) is 2.66. The summed E-state index contributed by atoms with van der Waals surface area (Å²) in [6.45, 7) is 0.184. The Balaban J connectivity index is 1.93. The van der Waals surface area contributed by atoms with E-state index in [1.165, 1.54) is 16.5 Å². The number of hydrogen-bond acceptors (Lipinski definition) is 5. The van der Waals surface area contributed by atoms with Gasteiger partial charge in [-0.3, -0.25) is 14.3 Å². The normalized spacial score (nSPS) is 10.5. The topological polar surface area (TPSA) is 91.0 Å². The average molecular weight is 351 g/mol. The first-order chi connectivity index (χ1) is 12.5. The molecule has 0 unspecified atom stereocenters. The number of aryl methyl sites for hydroxylation is 1. The zero-order valence-electron chi connectivity index (χ0n) is 14.4. The van der Waals surface area contributed by atoms with E-state index in [4.69, 9.17) is 11.2 Å². The highest BCUT2D eigenvalue weighted by molar-refractivity contribution is 5.96. The Morgan fingerprint density at radius 1 is 1.31 bits per heavy atom. The number of aromatic nitrogens is 4. The van der Waals surface area contributed by atoms with Crippen LogP contribution in [-0.4, -0.2) is 32.6 Å². The van der Waals surface area contributed by atoms with Crippen molar-refractivity contribution < 1.29 is 9.53 Å². The number of methoxy groups -OCH3 is 1. The first kappa shape index (κ1) is 17.2. The Morgan fingerprint density at radius 2 is 2.04 bits per heavy atom. The number of ether oxygens (including phenoxy) is 1. The SMILES string of the molecule is C#CCn1nc(CNC(=O)c2cn(C)nc2OC)c2ccccc2c1=O. The van der Waals surface area contributed by atoms with Gasteiger partial charge in [0.25, 0.3) is 11.5 Å². The van der Waals surface area contributed by atoms with E-state index in [1.807, 2.05) is 6.07 Å². The lowest BCUT2D eigenvalue weighted by atomic mass is 10.1. The predicted octanol–water partition coefficient (Wildman–Crippen LogP) is 0.702. The standard InChI is InChI=1S/C18H17N5O3/c1-4-9-23-18(25)13-8-6-5-7-12(13)15(20-23)10-19-16(24)14-11-22(2)21-17(14)26-3/h1,5-8,11H,9-10H2,2-3H3,(H,19,24). The second-order valence-corrected chi connectivity index (χ2v) is 5.57. The quantitative estimate of drug-likeness (QED) is 0.684. The van der Waals surface area contributed by atoms with Gasteiger partial charge in [0.2, 0.25) is 5.88 Å². The Hall–Kier alpha value is -3.60.